The van der Waals surface area contributed by atoms with E-state index in [4.69, 9.17) is 23.7 Å². The molecule has 1 heterocycles. The van der Waals surface area contributed by atoms with Gasteiger partial charge in [0.25, 0.3) is 0 Å². The van der Waals surface area contributed by atoms with E-state index in [0.717, 1.165) is 25.7 Å². The zero-order chi connectivity index (χ0) is 21.8. The second-order valence-electron chi connectivity index (χ2n) is 7.09. The van der Waals surface area contributed by atoms with Crippen molar-refractivity contribution in [2.75, 3.05) is 13.2 Å². The molecule has 9 heteroatoms. The van der Waals surface area contributed by atoms with Crippen molar-refractivity contribution in [3.8, 4) is 0 Å². The fraction of sp³-hybridized carbons (Fsp3) is 0.850. The van der Waals surface area contributed by atoms with Crippen LogP contribution in [-0.2, 0) is 38.1 Å². The van der Waals surface area contributed by atoms with Gasteiger partial charge in [-0.3, -0.25) is 14.4 Å². The summed E-state index contributed by atoms with van der Waals surface area (Å²) in [4.78, 5) is 34.7. The van der Waals surface area contributed by atoms with E-state index in [1.54, 1.807) is 0 Å². The lowest BCUT2D eigenvalue weighted by molar-refractivity contribution is -0.307. The van der Waals surface area contributed by atoms with Crippen LogP contribution < -0.4 is 0 Å². The van der Waals surface area contributed by atoms with Crippen LogP contribution in [-0.4, -0.2) is 66.9 Å². The van der Waals surface area contributed by atoms with Crippen LogP contribution in [0.4, 0.5) is 0 Å². The first-order valence-corrected chi connectivity index (χ1v) is 10.2. The van der Waals surface area contributed by atoms with Gasteiger partial charge in [0, 0.05) is 27.4 Å². The monoisotopic (exact) mass is 418 g/mol. The van der Waals surface area contributed by atoms with E-state index in [0.29, 0.717) is 6.61 Å². The second kappa shape index (κ2) is 13.5. The molecule has 0 spiro atoms. The third kappa shape index (κ3) is 9.10. The maximum Gasteiger partial charge on any atom is 0.303 e. The van der Waals surface area contributed by atoms with Gasteiger partial charge in [-0.1, -0.05) is 39.0 Å². The minimum absolute atomic E-state index is 0.345. The standard InChI is InChI=1S/C20H34O9/c1-5-6-7-8-9-10-11-25-20-19(28-15(4)24)18(27-14(3)23)17(26-13(2)22)16(12-21)29-20/h16-21H,5-12H2,1-4H3/t16-,17-,18+,19+,20+/m1/s1. The molecule has 0 aliphatic carbocycles. The summed E-state index contributed by atoms with van der Waals surface area (Å²) in [5.41, 5.74) is 0. The Bertz CT molecular complexity index is 522. The van der Waals surface area contributed by atoms with Crippen LogP contribution in [0.15, 0.2) is 0 Å². The lowest BCUT2D eigenvalue weighted by Crippen LogP contribution is -2.62. The SMILES string of the molecule is CCCCCCCCO[C@H]1O[C@H](CO)[C@@H](OC(C)=O)[C@H](OC(C)=O)[C@@H]1OC(C)=O. The minimum Gasteiger partial charge on any atom is -0.456 e. The van der Waals surface area contributed by atoms with Crippen molar-refractivity contribution >= 4 is 17.9 Å². The van der Waals surface area contributed by atoms with Crippen molar-refractivity contribution in [1.82, 2.24) is 0 Å². The summed E-state index contributed by atoms with van der Waals surface area (Å²) in [6.07, 6.45) is 0.888. The van der Waals surface area contributed by atoms with Gasteiger partial charge in [-0.15, -0.1) is 0 Å². The van der Waals surface area contributed by atoms with Crippen molar-refractivity contribution in [3.63, 3.8) is 0 Å². The molecule has 0 aromatic heterocycles. The number of ether oxygens (including phenoxy) is 5. The van der Waals surface area contributed by atoms with E-state index < -0.39 is 55.2 Å². The molecule has 1 saturated heterocycles. The molecule has 1 aliphatic heterocycles. The Morgan fingerprint density at radius 2 is 1.31 bits per heavy atom. The van der Waals surface area contributed by atoms with E-state index >= 15 is 0 Å². The maximum atomic E-state index is 11.6. The third-order valence-corrected chi connectivity index (χ3v) is 4.46. The second-order valence-corrected chi connectivity index (χ2v) is 7.09. The first kappa shape index (κ1) is 25.3. The summed E-state index contributed by atoms with van der Waals surface area (Å²) in [5, 5.41) is 9.68. The first-order valence-electron chi connectivity index (χ1n) is 10.2. The Kier molecular flexibility index (Phi) is 11.8. The fourth-order valence-corrected chi connectivity index (χ4v) is 3.22. The van der Waals surface area contributed by atoms with Crippen molar-refractivity contribution in [2.45, 2.75) is 96.9 Å². The van der Waals surface area contributed by atoms with Gasteiger partial charge in [0.1, 0.15) is 6.10 Å². The third-order valence-electron chi connectivity index (χ3n) is 4.46. The zero-order valence-electron chi connectivity index (χ0n) is 17.8. The quantitative estimate of drug-likeness (QED) is 0.288. The van der Waals surface area contributed by atoms with Crippen molar-refractivity contribution in [1.29, 1.82) is 0 Å². The highest BCUT2D eigenvalue weighted by Crippen LogP contribution is 2.29. The highest BCUT2D eigenvalue weighted by molar-refractivity contribution is 5.68. The smallest absolute Gasteiger partial charge is 0.303 e. The van der Waals surface area contributed by atoms with E-state index in [1.165, 1.54) is 33.6 Å². The van der Waals surface area contributed by atoms with Crippen LogP contribution in [0, 0.1) is 0 Å². The molecule has 1 aliphatic rings. The van der Waals surface area contributed by atoms with Crippen LogP contribution in [0.1, 0.15) is 66.2 Å². The summed E-state index contributed by atoms with van der Waals surface area (Å²) in [5.74, 6) is -1.94. The largest absolute Gasteiger partial charge is 0.456 e. The highest BCUT2D eigenvalue weighted by atomic mass is 16.7. The molecule has 5 atom stereocenters. The molecule has 0 amide bonds. The molecule has 1 N–H and O–H groups in total. The molecule has 0 aromatic carbocycles. The van der Waals surface area contributed by atoms with Gasteiger partial charge in [0.15, 0.2) is 24.6 Å². The molecule has 0 bridgehead atoms. The average molecular weight is 418 g/mol. The first-order chi connectivity index (χ1) is 13.8. The molecular formula is C20H34O9. The molecule has 1 rings (SSSR count). The van der Waals surface area contributed by atoms with Gasteiger partial charge in [-0.25, -0.2) is 0 Å². The van der Waals surface area contributed by atoms with Crippen LogP contribution in [0.2, 0.25) is 0 Å². The molecular weight excluding hydrogens is 384 g/mol. The summed E-state index contributed by atoms with van der Waals surface area (Å²) < 4.78 is 27.2. The number of hydrogen-bond donors (Lipinski definition) is 1. The van der Waals surface area contributed by atoms with E-state index in [2.05, 4.69) is 6.92 Å². The van der Waals surface area contributed by atoms with Crippen LogP contribution >= 0.6 is 0 Å². The number of carbonyl (C=O) groups is 3. The van der Waals surface area contributed by atoms with E-state index in [-0.39, 0.29) is 0 Å². The predicted molar refractivity (Wildman–Crippen MR) is 102 cm³/mol. The fourth-order valence-electron chi connectivity index (χ4n) is 3.22. The van der Waals surface area contributed by atoms with Crippen LogP contribution in [0.25, 0.3) is 0 Å². The Morgan fingerprint density at radius 1 is 0.793 bits per heavy atom. The molecule has 29 heavy (non-hydrogen) atoms. The number of aliphatic hydroxyl groups is 1. The van der Waals surface area contributed by atoms with Crippen molar-refractivity contribution in [3.05, 3.63) is 0 Å². The minimum atomic E-state index is -1.17. The number of aliphatic hydroxyl groups excluding tert-OH is 1. The van der Waals surface area contributed by atoms with E-state index in [9.17, 15) is 19.5 Å². The summed E-state index contributed by atoms with van der Waals surface area (Å²) in [7, 11) is 0. The number of hydrogen-bond acceptors (Lipinski definition) is 9. The van der Waals surface area contributed by atoms with Gasteiger partial charge in [0.2, 0.25) is 0 Å². The molecule has 168 valence electrons. The highest BCUT2D eigenvalue weighted by Gasteiger charge is 2.52. The van der Waals surface area contributed by atoms with E-state index in [1.807, 2.05) is 0 Å². The molecule has 0 unspecified atom stereocenters. The number of carbonyl (C=O) groups excluding carboxylic acids is 3. The summed E-state index contributed by atoms with van der Waals surface area (Å²) >= 11 is 0. The Balaban J connectivity index is 2.87. The Labute approximate surface area is 172 Å². The molecule has 0 radical (unpaired) electrons. The van der Waals surface area contributed by atoms with Crippen LogP contribution in [0.3, 0.4) is 0 Å². The lowest BCUT2D eigenvalue weighted by atomic mass is 9.98. The normalized spacial score (nSPS) is 26.6. The topological polar surface area (TPSA) is 118 Å². The molecule has 1 fully saturated rings. The van der Waals surface area contributed by atoms with Gasteiger partial charge in [0.05, 0.1) is 6.61 Å². The molecule has 0 saturated carbocycles. The van der Waals surface area contributed by atoms with Crippen molar-refractivity contribution < 1.29 is 43.2 Å². The van der Waals surface area contributed by atoms with Gasteiger partial charge >= 0.3 is 17.9 Å². The predicted octanol–water partition coefficient (Wildman–Crippen LogP) is 1.88. The maximum absolute atomic E-state index is 11.6. The van der Waals surface area contributed by atoms with Gasteiger partial charge < -0.3 is 28.8 Å². The Morgan fingerprint density at radius 3 is 1.86 bits per heavy atom. The number of rotatable bonds is 12. The summed E-state index contributed by atoms with van der Waals surface area (Å²) in [6.45, 7) is 5.57. The summed E-state index contributed by atoms with van der Waals surface area (Å²) in [6, 6.07) is 0. The molecule has 9 nitrogen and oxygen atoms in total. The zero-order valence-corrected chi connectivity index (χ0v) is 17.8. The van der Waals surface area contributed by atoms with Crippen molar-refractivity contribution in [2.24, 2.45) is 0 Å². The van der Waals surface area contributed by atoms with Gasteiger partial charge in [-0.2, -0.15) is 0 Å². The molecule has 0 aromatic rings. The average Bonchev–Trinajstić information content (AvgIpc) is 2.63. The number of unbranched alkanes of at least 4 members (excludes halogenated alkanes) is 5. The van der Waals surface area contributed by atoms with Crippen LogP contribution in [0.5, 0.6) is 0 Å². The Hall–Kier alpha value is -1.71. The van der Waals surface area contributed by atoms with Gasteiger partial charge in [-0.05, 0) is 6.42 Å². The number of esters is 3. The lowest BCUT2D eigenvalue weighted by Gasteiger charge is -2.43.